The molecule has 1 atom stereocenters. The maximum absolute atomic E-state index is 11.2. The molecule has 0 saturated carbocycles. The molecule has 1 aromatic heterocycles. The van der Waals surface area contributed by atoms with Crippen LogP contribution in [-0.4, -0.2) is 47.6 Å². The van der Waals surface area contributed by atoms with Crippen molar-refractivity contribution in [2.24, 2.45) is 0 Å². The normalized spacial score (nSPS) is 20.2. The number of nitrogens with zero attached hydrogens (tertiary/aromatic N) is 2. The number of aromatic nitrogens is 1. The van der Waals surface area contributed by atoms with Crippen molar-refractivity contribution in [1.82, 2.24) is 9.47 Å². The predicted molar refractivity (Wildman–Crippen MR) is 83.8 cm³/mol. The first-order valence-electron chi connectivity index (χ1n) is 7.57. The molecule has 1 aromatic carbocycles. The zero-order valence-electron chi connectivity index (χ0n) is 12.7. The fraction of sp³-hybridized carbons (Fsp3) is 0.471. The monoisotopic (exact) mass is 286 g/mol. The molecule has 0 radical (unpaired) electrons. The van der Waals surface area contributed by atoms with Gasteiger partial charge in [0.1, 0.15) is 0 Å². The molecule has 1 unspecified atom stereocenters. The molecule has 1 aliphatic rings. The second-order valence-electron chi connectivity index (χ2n) is 5.95. The standard InChI is InChI=1S/C17H22N2O2/c1-13(2)18-7-8-21-15(10-18)11-19-9-14(12-20)16-5-3-4-6-17(16)19/h3-6,9,12-13,15H,7-8,10-11H2,1-2H3. The van der Waals surface area contributed by atoms with E-state index < -0.39 is 0 Å². The zero-order chi connectivity index (χ0) is 14.8. The first-order valence-corrected chi connectivity index (χ1v) is 7.57. The van der Waals surface area contributed by atoms with Crippen molar-refractivity contribution in [3.8, 4) is 0 Å². The van der Waals surface area contributed by atoms with E-state index in [0.717, 1.165) is 49.0 Å². The Morgan fingerprint density at radius 1 is 1.38 bits per heavy atom. The minimum Gasteiger partial charge on any atom is -0.374 e. The van der Waals surface area contributed by atoms with Crippen LogP contribution in [0, 0.1) is 0 Å². The molecule has 2 aromatic rings. The van der Waals surface area contributed by atoms with Gasteiger partial charge in [-0.1, -0.05) is 18.2 Å². The Kier molecular flexibility index (Phi) is 4.08. The van der Waals surface area contributed by atoms with E-state index in [4.69, 9.17) is 4.74 Å². The molecule has 21 heavy (non-hydrogen) atoms. The lowest BCUT2D eigenvalue weighted by atomic mass is 10.2. The van der Waals surface area contributed by atoms with Crippen molar-refractivity contribution in [2.75, 3.05) is 19.7 Å². The first-order chi connectivity index (χ1) is 10.2. The molecule has 4 heteroatoms. The molecule has 0 aliphatic carbocycles. The lowest BCUT2D eigenvalue weighted by Gasteiger charge is -2.35. The number of ether oxygens (including phenoxy) is 1. The number of morpholine rings is 1. The van der Waals surface area contributed by atoms with E-state index in [1.807, 2.05) is 24.4 Å². The van der Waals surface area contributed by atoms with Crippen LogP contribution in [0.1, 0.15) is 24.2 Å². The number of benzene rings is 1. The SMILES string of the molecule is CC(C)N1CCOC(Cn2cc(C=O)c3ccccc32)C1. The van der Waals surface area contributed by atoms with Crippen LogP contribution in [0.25, 0.3) is 10.9 Å². The molecule has 2 heterocycles. The summed E-state index contributed by atoms with van der Waals surface area (Å²) in [6.07, 6.45) is 3.05. The highest BCUT2D eigenvalue weighted by atomic mass is 16.5. The molecule has 0 amide bonds. The van der Waals surface area contributed by atoms with E-state index in [9.17, 15) is 4.79 Å². The van der Waals surface area contributed by atoms with Crippen molar-refractivity contribution >= 4 is 17.2 Å². The van der Waals surface area contributed by atoms with Gasteiger partial charge in [-0.15, -0.1) is 0 Å². The minimum absolute atomic E-state index is 0.177. The van der Waals surface area contributed by atoms with Crippen LogP contribution in [0.15, 0.2) is 30.5 Å². The third-order valence-electron chi connectivity index (χ3n) is 4.25. The molecule has 1 fully saturated rings. The number of para-hydroxylation sites is 1. The van der Waals surface area contributed by atoms with E-state index in [0.29, 0.717) is 6.04 Å². The fourth-order valence-corrected chi connectivity index (χ4v) is 3.06. The Labute approximate surface area is 125 Å². The molecule has 3 rings (SSSR count). The third-order valence-corrected chi connectivity index (χ3v) is 4.25. The van der Waals surface area contributed by atoms with Gasteiger partial charge in [0.15, 0.2) is 6.29 Å². The number of hydrogen-bond donors (Lipinski definition) is 0. The van der Waals surface area contributed by atoms with Gasteiger partial charge in [-0.2, -0.15) is 0 Å². The lowest BCUT2D eigenvalue weighted by Crippen LogP contribution is -2.47. The number of rotatable bonds is 4. The zero-order valence-corrected chi connectivity index (χ0v) is 12.7. The predicted octanol–water partition coefficient (Wildman–Crippen LogP) is 2.56. The Morgan fingerprint density at radius 2 is 2.19 bits per heavy atom. The summed E-state index contributed by atoms with van der Waals surface area (Å²) in [6, 6.07) is 8.58. The lowest BCUT2D eigenvalue weighted by molar-refractivity contribution is -0.0451. The summed E-state index contributed by atoms with van der Waals surface area (Å²) in [5.41, 5.74) is 1.85. The van der Waals surface area contributed by atoms with Crippen molar-refractivity contribution in [1.29, 1.82) is 0 Å². The van der Waals surface area contributed by atoms with Crippen LogP contribution in [0.2, 0.25) is 0 Å². The second kappa shape index (κ2) is 6.00. The largest absolute Gasteiger partial charge is 0.374 e. The molecule has 0 bridgehead atoms. The average Bonchev–Trinajstić information content (AvgIpc) is 2.86. The Bertz CT molecular complexity index is 633. The molecule has 0 spiro atoms. The summed E-state index contributed by atoms with van der Waals surface area (Å²) < 4.78 is 8.05. The van der Waals surface area contributed by atoms with Gasteiger partial charge in [0.05, 0.1) is 19.3 Å². The van der Waals surface area contributed by atoms with Gasteiger partial charge in [-0.3, -0.25) is 9.69 Å². The van der Waals surface area contributed by atoms with Crippen molar-refractivity contribution < 1.29 is 9.53 Å². The van der Waals surface area contributed by atoms with Crippen LogP contribution in [0.3, 0.4) is 0 Å². The van der Waals surface area contributed by atoms with E-state index in [1.54, 1.807) is 0 Å². The summed E-state index contributed by atoms with van der Waals surface area (Å²) in [4.78, 5) is 13.7. The minimum atomic E-state index is 0.177. The number of hydrogen-bond acceptors (Lipinski definition) is 3. The molecular weight excluding hydrogens is 264 g/mol. The van der Waals surface area contributed by atoms with E-state index in [-0.39, 0.29) is 6.10 Å². The van der Waals surface area contributed by atoms with Crippen molar-refractivity contribution in [2.45, 2.75) is 32.5 Å². The summed E-state index contributed by atoms with van der Waals surface area (Å²) in [7, 11) is 0. The van der Waals surface area contributed by atoms with Crippen LogP contribution < -0.4 is 0 Å². The van der Waals surface area contributed by atoms with Gasteiger partial charge in [0, 0.05) is 41.8 Å². The molecule has 1 aliphatic heterocycles. The van der Waals surface area contributed by atoms with Crippen molar-refractivity contribution in [3.05, 3.63) is 36.0 Å². The highest BCUT2D eigenvalue weighted by Gasteiger charge is 2.23. The second-order valence-corrected chi connectivity index (χ2v) is 5.95. The van der Waals surface area contributed by atoms with Gasteiger partial charge in [-0.25, -0.2) is 0 Å². The highest BCUT2D eigenvalue weighted by molar-refractivity contribution is 5.97. The third kappa shape index (κ3) is 2.87. The van der Waals surface area contributed by atoms with Crippen LogP contribution in [0.4, 0.5) is 0 Å². The highest BCUT2D eigenvalue weighted by Crippen LogP contribution is 2.21. The molecule has 4 nitrogen and oxygen atoms in total. The molecular formula is C17H22N2O2. The Balaban J connectivity index is 1.83. The van der Waals surface area contributed by atoms with Crippen LogP contribution in [0.5, 0.6) is 0 Å². The van der Waals surface area contributed by atoms with Crippen LogP contribution >= 0.6 is 0 Å². The van der Waals surface area contributed by atoms with Gasteiger partial charge in [0.25, 0.3) is 0 Å². The van der Waals surface area contributed by atoms with Crippen LogP contribution in [-0.2, 0) is 11.3 Å². The summed E-state index contributed by atoms with van der Waals surface area (Å²) in [6.45, 7) is 7.96. The van der Waals surface area contributed by atoms with E-state index >= 15 is 0 Å². The summed E-state index contributed by atoms with van der Waals surface area (Å²) in [5.74, 6) is 0. The van der Waals surface area contributed by atoms with Gasteiger partial charge in [-0.05, 0) is 19.9 Å². The van der Waals surface area contributed by atoms with E-state index in [2.05, 4.69) is 29.4 Å². The summed E-state index contributed by atoms with van der Waals surface area (Å²) in [5, 5.41) is 1.02. The summed E-state index contributed by atoms with van der Waals surface area (Å²) >= 11 is 0. The number of carbonyl (C=O) groups is 1. The number of fused-ring (bicyclic) bond motifs is 1. The maximum atomic E-state index is 11.2. The Hall–Kier alpha value is -1.65. The molecule has 112 valence electrons. The van der Waals surface area contributed by atoms with E-state index in [1.165, 1.54) is 0 Å². The molecule has 1 saturated heterocycles. The maximum Gasteiger partial charge on any atom is 0.152 e. The first kappa shape index (κ1) is 14.3. The topological polar surface area (TPSA) is 34.5 Å². The van der Waals surface area contributed by atoms with Gasteiger partial charge < -0.3 is 9.30 Å². The van der Waals surface area contributed by atoms with Gasteiger partial charge >= 0.3 is 0 Å². The fourth-order valence-electron chi connectivity index (χ4n) is 3.06. The smallest absolute Gasteiger partial charge is 0.152 e. The quantitative estimate of drug-likeness (QED) is 0.810. The average molecular weight is 286 g/mol. The number of aldehydes is 1. The molecule has 0 N–H and O–H groups in total. The number of carbonyl (C=O) groups excluding carboxylic acids is 1. The van der Waals surface area contributed by atoms with Gasteiger partial charge in [0.2, 0.25) is 0 Å². The van der Waals surface area contributed by atoms with Crippen molar-refractivity contribution in [3.63, 3.8) is 0 Å². The Morgan fingerprint density at radius 3 is 2.95 bits per heavy atom.